The van der Waals surface area contributed by atoms with E-state index >= 15 is 0 Å². The van der Waals surface area contributed by atoms with Crippen LogP contribution in [0, 0.1) is 5.92 Å². The lowest BCUT2D eigenvalue weighted by molar-refractivity contribution is 0.378. The Morgan fingerprint density at radius 2 is 2.14 bits per heavy atom. The molecule has 0 aliphatic carbocycles. The van der Waals surface area contributed by atoms with Crippen LogP contribution in [-0.2, 0) is 0 Å². The van der Waals surface area contributed by atoms with Crippen LogP contribution in [0.3, 0.4) is 0 Å². The molecule has 1 N–H and O–H groups in total. The van der Waals surface area contributed by atoms with Crippen molar-refractivity contribution in [1.29, 1.82) is 0 Å². The molecule has 1 aliphatic rings. The minimum absolute atomic E-state index is 0.357. The van der Waals surface area contributed by atoms with Crippen LogP contribution < -0.4 is 10.2 Å². The Hall–Kier alpha value is -0.730. The zero-order valence-corrected chi connectivity index (χ0v) is 14.6. The van der Waals surface area contributed by atoms with Crippen molar-refractivity contribution >= 4 is 17.3 Å². The van der Waals surface area contributed by atoms with Gasteiger partial charge in [0.1, 0.15) is 0 Å². The Morgan fingerprint density at radius 3 is 2.76 bits per heavy atom. The molecule has 3 atom stereocenters. The molecule has 0 amide bonds. The van der Waals surface area contributed by atoms with Crippen LogP contribution in [0.1, 0.15) is 58.6 Å². The molecule has 0 spiro atoms. The predicted molar refractivity (Wildman–Crippen MR) is 93.4 cm³/mol. The van der Waals surface area contributed by atoms with E-state index in [4.69, 9.17) is 11.6 Å². The molecule has 0 saturated carbocycles. The van der Waals surface area contributed by atoms with Crippen LogP contribution in [0.4, 0.5) is 5.69 Å². The quantitative estimate of drug-likeness (QED) is 0.821. The fourth-order valence-corrected chi connectivity index (χ4v) is 3.57. The monoisotopic (exact) mass is 308 g/mol. The zero-order valence-electron chi connectivity index (χ0n) is 13.8. The second-order valence-corrected chi connectivity index (χ2v) is 6.97. The van der Waals surface area contributed by atoms with Gasteiger partial charge in [-0.3, -0.25) is 0 Å². The van der Waals surface area contributed by atoms with Gasteiger partial charge in [0.2, 0.25) is 0 Å². The van der Waals surface area contributed by atoms with Crippen molar-refractivity contribution in [1.82, 2.24) is 5.32 Å². The summed E-state index contributed by atoms with van der Waals surface area (Å²) in [4.78, 5) is 2.47. The maximum Gasteiger partial charge on any atom is 0.0642 e. The van der Waals surface area contributed by atoms with Crippen molar-refractivity contribution in [3.05, 3.63) is 28.8 Å². The molecule has 0 radical (unpaired) electrons. The number of halogens is 1. The highest BCUT2D eigenvalue weighted by atomic mass is 35.5. The van der Waals surface area contributed by atoms with Crippen molar-refractivity contribution in [3.63, 3.8) is 0 Å². The van der Waals surface area contributed by atoms with E-state index in [1.54, 1.807) is 0 Å². The number of hydrogen-bond donors (Lipinski definition) is 1. The van der Waals surface area contributed by atoms with Crippen molar-refractivity contribution in [2.24, 2.45) is 5.92 Å². The predicted octanol–water partition coefficient (Wildman–Crippen LogP) is 5.03. The number of rotatable bonds is 5. The van der Waals surface area contributed by atoms with Gasteiger partial charge in [0.15, 0.2) is 0 Å². The second kappa shape index (κ2) is 7.51. The Balaban J connectivity index is 2.12. The van der Waals surface area contributed by atoms with Crippen LogP contribution in [-0.4, -0.2) is 19.1 Å². The molecule has 3 unspecified atom stereocenters. The number of nitrogens with one attached hydrogen (secondary N) is 1. The summed E-state index contributed by atoms with van der Waals surface area (Å²) in [5, 5.41) is 4.41. The van der Waals surface area contributed by atoms with Crippen molar-refractivity contribution in [3.8, 4) is 0 Å². The van der Waals surface area contributed by atoms with E-state index in [0.29, 0.717) is 12.1 Å². The standard InChI is InChI=1S/C18H29ClN2/c1-5-9-20-15(4)16-6-7-18(17(19)12-16)21-10-8-13(2)11-14(21)3/h6-7,12-15,20H,5,8-11H2,1-4H3. The average Bonchev–Trinajstić information content (AvgIpc) is 2.45. The highest BCUT2D eigenvalue weighted by molar-refractivity contribution is 6.33. The normalized spacial score (nSPS) is 24.1. The number of piperidine rings is 1. The molecule has 3 heteroatoms. The summed E-state index contributed by atoms with van der Waals surface area (Å²) in [6.07, 6.45) is 3.67. The molecule has 118 valence electrons. The molecule has 1 aliphatic heterocycles. The first kappa shape index (κ1) is 16.6. The number of benzene rings is 1. The Kier molecular flexibility index (Phi) is 5.95. The second-order valence-electron chi connectivity index (χ2n) is 6.56. The third-order valence-electron chi connectivity index (χ3n) is 4.62. The number of nitrogens with zero attached hydrogens (tertiary/aromatic N) is 1. The smallest absolute Gasteiger partial charge is 0.0642 e. The molecule has 21 heavy (non-hydrogen) atoms. The lowest BCUT2D eigenvalue weighted by Gasteiger charge is -2.39. The topological polar surface area (TPSA) is 15.3 Å². The van der Waals surface area contributed by atoms with E-state index in [1.807, 2.05) is 0 Å². The van der Waals surface area contributed by atoms with Gasteiger partial charge in [0, 0.05) is 18.6 Å². The summed E-state index contributed by atoms with van der Waals surface area (Å²) in [6.45, 7) is 11.2. The van der Waals surface area contributed by atoms with Gasteiger partial charge in [-0.05, 0) is 63.3 Å². The third-order valence-corrected chi connectivity index (χ3v) is 4.92. The summed E-state index contributed by atoms with van der Waals surface area (Å²) in [5.41, 5.74) is 2.47. The Labute approximate surface area is 134 Å². The molecule has 2 rings (SSSR count). The largest absolute Gasteiger partial charge is 0.368 e. The Morgan fingerprint density at radius 1 is 1.38 bits per heavy atom. The summed E-state index contributed by atoms with van der Waals surface area (Å²) in [6, 6.07) is 7.49. The van der Waals surface area contributed by atoms with Gasteiger partial charge in [-0.2, -0.15) is 0 Å². The molecular weight excluding hydrogens is 280 g/mol. The van der Waals surface area contributed by atoms with Crippen molar-refractivity contribution in [2.75, 3.05) is 18.0 Å². The van der Waals surface area contributed by atoms with E-state index in [-0.39, 0.29) is 0 Å². The summed E-state index contributed by atoms with van der Waals surface area (Å²) >= 11 is 6.57. The average molecular weight is 309 g/mol. The van der Waals surface area contributed by atoms with E-state index in [2.05, 4.69) is 56.1 Å². The fourth-order valence-electron chi connectivity index (χ4n) is 3.27. The van der Waals surface area contributed by atoms with Gasteiger partial charge in [0.25, 0.3) is 0 Å². The van der Waals surface area contributed by atoms with Gasteiger partial charge in [-0.1, -0.05) is 31.5 Å². The van der Waals surface area contributed by atoms with Crippen LogP contribution in [0.25, 0.3) is 0 Å². The van der Waals surface area contributed by atoms with Gasteiger partial charge in [-0.25, -0.2) is 0 Å². The minimum Gasteiger partial charge on any atom is -0.368 e. The number of hydrogen-bond acceptors (Lipinski definition) is 2. The summed E-state index contributed by atoms with van der Waals surface area (Å²) in [7, 11) is 0. The van der Waals surface area contributed by atoms with E-state index < -0.39 is 0 Å². The summed E-state index contributed by atoms with van der Waals surface area (Å²) < 4.78 is 0. The van der Waals surface area contributed by atoms with E-state index in [1.165, 1.54) is 24.1 Å². The zero-order chi connectivity index (χ0) is 15.4. The molecular formula is C18H29ClN2. The fraction of sp³-hybridized carbons (Fsp3) is 0.667. The molecule has 1 heterocycles. The van der Waals surface area contributed by atoms with Crippen LogP contribution >= 0.6 is 11.6 Å². The molecule has 1 aromatic carbocycles. The maximum atomic E-state index is 6.57. The van der Waals surface area contributed by atoms with Crippen LogP contribution in [0.5, 0.6) is 0 Å². The molecule has 2 nitrogen and oxygen atoms in total. The van der Waals surface area contributed by atoms with Crippen molar-refractivity contribution in [2.45, 2.75) is 59.0 Å². The van der Waals surface area contributed by atoms with Crippen LogP contribution in [0.15, 0.2) is 18.2 Å². The first-order chi connectivity index (χ1) is 10.0. The highest BCUT2D eigenvalue weighted by Crippen LogP contribution is 2.34. The lowest BCUT2D eigenvalue weighted by atomic mass is 9.93. The van der Waals surface area contributed by atoms with Gasteiger partial charge < -0.3 is 10.2 Å². The first-order valence-corrected chi connectivity index (χ1v) is 8.70. The minimum atomic E-state index is 0.357. The van der Waals surface area contributed by atoms with Crippen LogP contribution in [0.2, 0.25) is 5.02 Å². The third kappa shape index (κ3) is 4.14. The van der Waals surface area contributed by atoms with E-state index in [9.17, 15) is 0 Å². The van der Waals surface area contributed by atoms with Gasteiger partial charge >= 0.3 is 0 Å². The molecule has 1 fully saturated rings. The molecule has 0 aromatic heterocycles. The van der Waals surface area contributed by atoms with Gasteiger partial charge in [0.05, 0.1) is 10.7 Å². The first-order valence-electron chi connectivity index (χ1n) is 8.32. The highest BCUT2D eigenvalue weighted by Gasteiger charge is 2.24. The maximum absolute atomic E-state index is 6.57. The molecule has 1 saturated heterocycles. The van der Waals surface area contributed by atoms with E-state index in [0.717, 1.165) is 30.5 Å². The lowest BCUT2D eigenvalue weighted by Crippen LogP contribution is -2.40. The van der Waals surface area contributed by atoms with Gasteiger partial charge in [-0.15, -0.1) is 0 Å². The molecule has 1 aromatic rings. The molecule has 0 bridgehead atoms. The van der Waals surface area contributed by atoms with Crippen molar-refractivity contribution < 1.29 is 0 Å². The number of anilines is 1. The summed E-state index contributed by atoms with van der Waals surface area (Å²) in [5.74, 6) is 0.826. The Bertz CT molecular complexity index is 461. The SMILES string of the molecule is CCCNC(C)c1ccc(N2CCC(C)CC2C)c(Cl)c1.